The minimum atomic E-state index is -0.0635. The van der Waals surface area contributed by atoms with Crippen LogP contribution in [0.1, 0.15) is 33.9 Å². The second kappa shape index (κ2) is 7.07. The Labute approximate surface area is 153 Å². The van der Waals surface area contributed by atoms with Crippen LogP contribution < -0.4 is 5.32 Å². The summed E-state index contributed by atoms with van der Waals surface area (Å²) in [5.74, 6) is 0.472. The maximum atomic E-state index is 12.5. The lowest BCUT2D eigenvalue weighted by atomic mass is 10.1. The van der Waals surface area contributed by atoms with E-state index in [1.54, 1.807) is 4.68 Å². The van der Waals surface area contributed by atoms with Crippen LogP contribution in [0.25, 0.3) is 5.95 Å². The van der Waals surface area contributed by atoms with Crippen molar-refractivity contribution in [3.63, 3.8) is 0 Å². The van der Waals surface area contributed by atoms with Gasteiger partial charge in [-0.2, -0.15) is 5.10 Å². The van der Waals surface area contributed by atoms with Gasteiger partial charge in [0.1, 0.15) is 0 Å². The van der Waals surface area contributed by atoms with Gasteiger partial charge in [0.25, 0.3) is 5.95 Å². The molecule has 6 nitrogen and oxygen atoms in total. The van der Waals surface area contributed by atoms with E-state index >= 15 is 0 Å². The molecule has 0 saturated carbocycles. The molecule has 0 saturated heterocycles. The Morgan fingerprint density at radius 1 is 1.04 bits per heavy atom. The highest BCUT2D eigenvalue weighted by Gasteiger charge is 2.18. The molecular formula is C20H23N5O. The summed E-state index contributed by atoms with van der Waals surface area (Å²) < 4.78 is 1.71. The van der Waals surface area contributed by atoms with Crippen molar-refractivity contribution >= 4 is 11.6 Å². The molecule has 0 bridgehead atoms. The minimum absolute atomic E-state index is 0.0635. The molecule has 0 unspecified atom stereocenters. The van der Waals surface area contributed by atoms with E-state index in [0.717, 1.165) is 39.6 Å². The number of rotatable bonds is 4. The molecule has 0 radical (unpaired) electrons. The van der Waals surface area contributed by atoms with E-state index in [2.05, 4.69) is 20.4 Å². The molecule has 1 aromatic carbocycles. The lowest BCUT2D eigenvalue weighted by molar-refractivity contribution is -0.115. The zero-order chi connectivity index (χ0) is 18.8. The van der Waals surface area contributed by atoms with Gasteiger partial charge in [-0.1, -0.05) is 18.2 Å². The van der Waals surface area contributed by atoms with Gasteiger partial charge in [0.2, 0.25) is 5.91 Å². The minimum Gasteiger partial charge on any atom is -0.326 e. The van der Waals surface area contributed by atoms with Crippen molar-refractivity contribution in [3.8, 4) is 5.95 Å². The number of anilines is 1. The zero-order valence-corrected chi connectivity index (χ0v) is 15.8. The Morgan fingerprint density at radius 3 is 2.35 bits per heavy atom. The van der Waals surface area contributed by atoms with Gasteiger partial charge in [0.15, 0.2) is 0 Å². The molecule has 0 aliphatic heterocycles. The molecule has 3 aromatic rings. The van der Waals surface area contributed by atoms with Crippen molar-refractivity contribution in [2.24, 2.45) is 0 Å². The Hall–Kier alpha value is -3.02. The van der Waals surface area contributed by atoms with Crippen LogP contribution in [-0.4, -0.2) is 25.7 Å². The summed E-state index contributed by atoms with van der Waals surface area (Å²) in [6.45, 7) is 9.68. The summed E-state index contributed by atoms with van der Waals surface area (Å²) in [4.78, 5) is 21.4. The summed E-state index contributed by atoms with van der Waals surface area (Å²) in [5.41, 5.74) is 6.24. The molecule has 0 spiro atoms. The van der Waals surface area contributed by atoms with E-state index in [-0.39, 0.29) is 12.3 Å². The van der Waals surface area contributed by atoms with Crippen LogP contribution in [0.5, 0.6) is 0 Å². The Bertz CT molecular complexity index is 954. The van der Waals surface area contributed by atoms with Crippen molar-refractivity contribution in [2.45, 2.75) is 41.0 Å². The third-order valence-electron chi connectivity index (χ3n) is 4.36. The average Bonchev–Trinajstić information content (AvgIpc) is 2.84. The third kappa shape index (κ3) is 3.64. The summed E-state index contributed by atoms with van der Waals surface area (Å²) in [6.07, 6.45) is 0.261. The molecule has 134 valence electrons. The predicted octanol–water partition coefficient (Wildman–Crippen LogP) is 3.39. The van der Waals surface area contributed by atoms with E-state index in [4.69, 9.17) is 0 Å². The molecule has 2 heterocycles. The van der Waals surface area contributed by atoms with Gasteiger partial charge < -0.3 is 5.32 Å². The van der Waals surface area contributed by atoms with Gasteiger partial charge >= 0.3 is 0 Å². The van der Waals surface area contributed by atoms with Crippen LogP contribution >= 0.6 is 0 Å². The molecule has 0 atom stereocenters. The quantitative estimate of drug-likeness (QED) is 0.784. The smallest absolute Gasteiger partial charge is 0.251 e. The molecule has 0 fully saturated rings. The summed E-state index contributed by atoms with van der Waals surface area (Å²) >= 11 is 0. The van der Waals surface area contributed by atoms with Crippen molar-refractivity contribution in [2.75, 3.05) is 5.32 Å². The first-order valence-corrected chi connectivity index (χ1v) is 8.58. The second-order valence-corrected chi connectivity index (χ2v) is 6.55. The van der Waals surface area contributed by atoms with E-state index in [1.165, 1.54) is 0 Å². The van der Waals surface area contributed by atoms with E-state index in [1.807, 2.05) is 65.0 Å². The van der Waals surface area contributed by atoms with E-state index < -0.39 is 0 Å². The van der Waals surface area contributed by atoms with Gasteiger partial charge in [-0.05, 0) is 52.3 Å². The van der Waals surface area contributed by atoms with Gasteiger partial charge in [0, 0.05) is 28.3 Å². The Balaban J connectivity index is 1.86. The number of benzene rings is 1. The Kier molecular flexibility index (Phi) is 4.84. The fourth-order valence-electron chi connectivity index (χ4n) is 3.00. The number of nitrogens with zero attached hydrogens (tertiary/aromatic N) is 4. The monoisotopic (exact) mass is 349 g/mol. The van der Waals surface area contributed by atoms with Crippen LogP contribution in [0.4, 0.5) is 5.69 Å². The molecule has 1 N–H and O–H groups in total. The van der Waals surface area contributed by atoms with Crippen LogP contribution in [-0.2, 0) is 11.2 Å². The summed E-state index contributed by atoms with van der Waals surface area (Å²) in [6, 6.07) is 9.66. The third-order valence-corrected chi connectivity index (χ3v) is 4.36. The lowest BCUT2D eigenvalue weighted by Gasteiger charge is -2.09. The molecule has 3 rings (SSSR count). The fourth-order valence-corrected chi connectivity index (χ4v) is 3.00. The fraction of sp³-hybridized carbons (Fsp3) is 0.300. The highest BCUT2D eigenvalue weighted by atomic mass is 16.1. The van der Waals surface area contributed by atoms with Crippen LogP contribution in [0.15, 0.2) is 30.3 Å². The number of hydrogen-bond donors (Lipinski definition) is 1. The predicted molar refractivity (Wildman–Crippen MR) is 102 cm³/mol. The lowest BCUT2D eigenvalue weighted by Crippen LogP contribution is -2.16. The molecule has 26 heavy (non-hydrogen) atoms. The van der Waals surface area contributed by atoms with Crippen LogP contribution in [0.3, 0.4) is 0 Å². The maximum Gasteiger partial charge on any atom is 0.251 e. The van der Waals surface area contributed by atoms with Crippen LogP contribution in [0, 0.1) is 34.6 Å². The highest BCUT2D eigenvalue weighted by molar-refractivity contribution is 5.93. The number of hydrogen-bond acceptors (Lipinski definition) is 4. The number of aryl methyl sites for hydroxylation is 4. The zero-order valence-electron chi connectivity index (χ0n) is 15.8. The highest BCUT2D eigenvalue weighted by Crippen LogP contribution is 2.19. The van der Waals surface area contributed by atoms with E-state index in [0.29, 0.717) is 5.95 Å². The number of aromatic nitrogens is 4. The van der Waals surface area contributed by atoms with Gasteiger partial charge in [0.05, 0.1) is 12.1 Å². The number of nitrogens with one attached hydrogen (secondary N) is 1. The van der Waals surface area contributed by atoms with Crippen molar-refractivity contribution < 1.29 is 4.79 Å². The summed E-state index contributed by atoms with van der Waals surface area (Å²) in [5, 5.41) is 7.53. The molecule has 0 aliphatic rings. The van der Waals surface area contributed by atoms with Crippen molar-refractivity contribution in [3.05, 3.63) is 64.2 Å². The van der Waals surface area contributed by atoms with E-state index in [9.17, 15) is 4.79 Å². The largest absolute Gasteiger partial charge is 0.326 e. The average molecular weight is 349 g/mol. The van der Waals surface area contributed by atoms with Crippen LogP contribution in [0.2, 0.25) is 0 Å². The standard InChI is InChI=1S/C20H23N5O/c1-12-8-6-7-9-18(12)23-19(26)11-17-15(4)24-25(16(17)5)20-21-13(2)10-14(3)22-20/h6-10H,11H2,1-5H3,(H,23,26). The molecule has 6 heteroatoms. The van der Waals surface area contributed by atoms with Gasteiger partial charge in [-0.25, -0.2) is 14.6 Å². The number of amides is 1. The SMILES string of the molecule is Cc1cc(C)nc(-n2nc(C)c(CC(=O)Nc3ccccc3C)c2C)n1. The second-order valence-electron chi connectivity index (χ2n) is 6.55. The first-order valence-electron chi connectivity index (χ1n) is 8.58. The van der Waals surface area contributed by atoms with Crippen molar-refractivity contribution in [1.82, 2.24) is 19.7 Å². The summed E-state index contributed by atoms with van der Waals surface area (Å²) in [7, 11) is 0. The number of para-hydroxylation sites is 1. The van der Waals surface area contributed by atoms with Gasteiger partial charge in [-0.3, -0.25) is 4.79 Å². The first-order chi connectivity index (χ1) is 12.3. The molecule has 2 aromatic heterocycles. The number of carbonyl (C=O) groups is 1. The normalized spacial score (nSPS) is 10.8. The van der Waals surface area contributed by atoms with Gasteiger partial charge in [-0.15, -0.1) is 0 Å². The molecular weight excluding hydrogens is 326 g/mol. The Morgan fingerprint density at radius 2 is 1.69 bits per heavy atom. The van der Waals surface area contributed by atoms with Crippen molar-refractivity contribution in [1.29, 1.82) is 0 Å². The molecule has 1 amide bonds. The number of carbonyl (C=O) groups excluding carboxylic acids is 1. The maximum absolute atomic E-state index is 12.5. The first kappa shape index (κ1) is 17.8. The topological polar surface area (TPSA) is 72.7 Å². The molecule has 0 aliphatic carbocycles.